The number of unbranched alkanes of at least 4 members (excludes halogenated alkanes) is 1. The van der Waals surface area contributed by atoms with Crippen molar-refractivity contribution in [2.24, 2.45) is 5.73 Å². The summed E-state index contributed by atoms with van der Waals surface area (Å²) in [4.78, 5) is 110. The van der Waals surface area contributed by atoms with Crippen LogP contribution in [0.25, 0.3) is 0 Å². The number of nitrogens with two attached hydrogens (primary N) is 1. The minimum absolute atomic E-state index is 0.00104. The number of piperidine rings is 1. The van der Waals surface area contributed by atoms with Gasteiger partial charge in [0.1, 0.15) is 32.7 Å². The molecule has 4 atom stereocenters. The van der Waals surface area contributed by atoms with Gasteiger partial charge in [0.25, 0.3) is 0 Å². The molecule has 0 aromatic heterocycles. The number of hydrogen-bond acceptors (Lipinski definition) is 10. The number of hydrogen-bond donors (Lipinski definition) is 3. The van der Waals surface area contributed by atoms with E-state index >= 15 is 14.4 Å². The zero-order valence-electron chi connectivity index (χ0n) is 47.7. The fourth-order valence-corrected chi connectivity index (χ4v) is 10.6. The SMILES string of the molecule is C#CCN(CC(=O)N(CC(N)=O)[C@@H](C)c1ccccc1)C(=O)CN(C(=O)CN(C(=O)CN(C(=O)CN(C(=O)CNCCCC)[C@@H](C)c1ccccc1)[C@@H](C)c1ccccc1)C1CC(C)(C)N(O)C(C)(C)C1)[C@@H](C)c1ccccc1. The van der Waals surface area contributed by atoms with E-state index in [0.29, 0.717) is 12.1 Å². The Morgan fingerprint density at radius 1 is 0.570 bits per heavy atom. The number of nitrogens with one attached hydrogen (secondary N) is 1. The first kappa shape index (κ1) is 62.5. The third-order valence-electron chi connectivity index (χ3n) is 15.2. The van der Waals surface area contributed by atoms with Crippen LogP contribution in [0.3, 0.4) is 0 Å². The predicted octanol–water partition coefficient (Wildman–Crippen LogP) is 6.92. The Morgan fingerprint density at radius 3 is 1.32 bits per heavy atom. The third kappa shape index (κ3) is 17.1. The van der Waals surface area contributed by atoms with Crippen LogP contribution in [0.5, 0.6) is 0 Å². The predicted molar refractivity (Wildman–Crippen MR) is 305 cm³/mol. The zero-order valence-corrected chi connectivity index (χ0v) is 47.7. The Morgan fingerprint density at radius 2 is 0.924 bits per heavy atom. The van der Waals surface area contributed by atoms with Crippen LogP contribution in [0.4, 0.5) is 0 Å². The Bertz CT molecular complexity index is 2680. The minimum atomic E-state index is -0.893. The lowest BCUT2D eigenvalue weighted by molar-refractivity contribution is -0.251. The molecule has 4 aromatic carbocycles. The molecule has 17 heteroatoms. The maximum absolute atomic E-state index is 15.6. The van der Waals surface area contributed by atoms with Crippen LogP contribution in [0.2, 0.25) is 0 Å². The van der Waals surface area contributed by atoms with Crippen molar-refractivity contribution in [1.29, 1.82) is 0 Å². The van der Waals surface area contributed by atoms with E-state index in [1.54, 1.807) is 38.1 Å². The molecule has 0 radical (unpaired) electrons. The molecule has 1 heterocycles. The largest absolute Gasteiger partial charge is 0.368 e. The highest BCUT2D eigenvalue weighted by atomic mass is 16.5. The summed E-state index contributed by atoms with van der Waals surface area (Å²) < 4.78 is 0. The molecule has 1 aliphatic rings. The lowest BCUT2D eigenvalue weighted by Crippen LogP contribution is -2.65. The van der Waals surface area contributed by atoms with Gasteiger partial charge in [-0.1, -0.05) is 141 Å². The van der Waals surface area contributed by atoms with Crippen LogP contribution >= 0.6 is 0 Å². The third-order valence-corrected chi connectivity index (χ3v) is 15.2. The van der Waals surface area contributed by atoms with Crippen LogP contribution in [0.15, 0.2) is 121 Å². The Balaban J connectivity index is 1.55. The molecule has 5 rings (SSSR count). The highest BCUT2D eigenvalue weighted by molar-refractivity contribution is 5.93. The topological polar surface area (TPSA) is 200 Å². The summed E-state index contributed by atoms with van der Waals surface area (Å²) in [7, 11) is 0. The van der Waals surface area contributed by atoms with E-state index in [0.717, 1.165) is 34.4 Å². The molecule has 7 amide bonds. The van der Waals surface area contributed by atoms with Crippen molar-refractivity contribution in [3.05, 3.63) is 144 Å². The molecule has 0 saturated carbocycles. The Labute approximate surface area is 468 Å². The highest BCUT2D eigenvalue weighted by Gasteiger charge is 2.48. The molecule has 17 nitrogen and oxygen atoms in total. The highest BCUT2D eigenvalue weighted by Crippen LogP contribution is 2.39. The van der Waals surface area contributed by atoms with Gasteiger partial charge in [0.15, 0.2) is 0 Å². The van der Waals surface area contributed by atoms with Gasteiger partial charge in [-0.25, -0.2) is 0 Å². The first-order valence-electron chi connectivity index (χ1n) is 27.4. The van der Waals surface area contributed by atoms with Gasteiger partial charge >= 0.3 is 0 Å². The van der Waals surface area contributed by atoms with E-state index in [1.165, 1.54) is 29.6 Å². The van der Waals surface area contributed by atoms with Gasteiger partial charge in [-0.15, -0.1) is 6.42 Å². The van der Waals surface area contributed by atoms with Crippen LogP contribution in [0.1, 0.15) is 134 Å². The second-order valence-corrected chi connectivity index (χ2v) is 21.9. The van der Waals surface area contributed by atoms with Crippen LogP contribution in [-0.2, 0) is 33.6 Å². The quantitative estimate of drug-likeness (QED) is 0.0416. The lowest BCUT2D eigenvalue weighted by atomic mass is 9.78. The second kappa shape index (κ2) is 29.0. The molecule has 0 spiro atoms. The van der Waals surface area contributed by atoms with Crippen molar-refractivity contribution in [3.63, 3.8) is 0 Å². The van der Waals surface area contributed by atoms with Gasteiger partial charge in [-0.2, -0.15) is 5.06 Å². The molecular formula is C62H83N9O8. The van der Waals surface area contributed by atoms with Crippen molar-refractivity contribution < 1.29 is 38.8 Å². The summed E-state index contributed by atoms with van der Waals surface area (Å²) in [5, 5.41) is 16.0. The van der Waals surface area contributed by atoms with E-state index in [9.17, 15) is 24.4 Å². The summed E-state index contributed by atoms with van der Waals surface area (Å²) in [5.41, 5.74) is 6.82. The summed E-state index contributed by atoms with van der Waals surface area (Å²) in [6.45, 7) is 14.1. The van der Waals surface area contributed by atoms with E-state index in [2.05, 4.69) is 18.2 Å². The van der Waals surface area contributed by atoms with Crippen molar-refractivity contribution in [2.75, 3.05) is 58.9 Å². The van der Waals surface area contributed by atoms with Gasteiger partial charge in [-0.05, 0) is 103 Å². The first-order chi connectivity index (χ1) is 37.5. The number of carbonyl (C=O) groups excluding carboxylic acids is 7. The molecule has 0 aliphatic carbocycles. The van der Waals surface area contributed by atoms with Crippen molar-refractivity contribution in [2.45, 2.75) is 129 Å². The monoisotopic (exact) mass is 1080 g/mol. The van der Waals surface area contributed by atoms with E-state index in [1.807, 2.05) is 139 Å². The van der Waals surface area contributed by atoms with Gasteiger partial charge in [0.2, 0.25) is 41.4 Å². The number of nitrogens with zero attached hydrogens (tertiary/aromatic N) is 7. The molecule has 1 saturated heterocycles. The van der Waals surface area contributed by atoms with Crippen molar-refractivity contribution >= 4 is 41.4 Å². The molecular weight excluding hydrogens is 999 g/mol. The molecule has 1 fully saturated rings. The fraction of sp³-hybridized carbons (Fsp3) is 0.468. The smallest absolute Gasteiger partial charge is 0.243 e. The van der Waals surface area contributed by atoms with Crippen LogP contribution in [-0.4, -0.2) is 157 Å². The zero-order chi connectivity index (χ0) is 58.0. The average Bonchev–Trinajstić information content (AvgIpc) is 3.48. The summed E-state index contributed by atoms with van der Waals surface area (Å²) >= 11 is 0. The van der Waals surface area contributed by atoms with E-state index in [-0.39, 0.29) is 38.4 Å². The minimum Gasteiger partial charge on any atom is -0.368 e. The van der Waals surface area contributed by atoms with Gasteiger partial charge in [-0.3, -0.25) is 33.6 Å². The average molecular weight is 1080 g/mol. The van der Waals surface area contributed by atoms with Gasteiger partial charge in [0.05, 0.1) is 43.8 Å². The summed E-state index contributed by atoms with van der Waals surface area (Å²) in [6, 6.07) is 33.6. The number of hydroxylamine groups is 2. The Kier molecular flexibility index (Phi) is 22.9. The summed E-state index contributed by atoms with van der Waals surface area (Å²) in [5.74, 6) is -1.51. The van der Waals surface area contributed by atoms with Gasteiger partial charge in [0, 0.05) is 17.1 Å². The molecule has 424 valence electrons. The number of carbonyl (C=O) groups is 7. The maximum Gasteiger partial charge on any atom is 0.243 e. The van der Waals surface area contributed by atoms with Crippen molar-refractivity contribution in [1.82, 2.24) is 39.8 Å². The number of terminal acetylenes is 1. The second-order valence-electron chi connectivity index (χ2n) is 21.9. The fourth-order valence-electron chi connectivity index (χ4n) is 10.6. The molecule has 0 unspecified atom stereocenters. The van der Waals surface area contributed by atoms with E-state index in [4.69, 9.17) is 12.2 Å². The molecule has 4 N–H and O–H groups in total. The number of benzene rings is 4. The summed E-state index contributed by atoms with van der Waals surface area (Å²) in [6.07, 6.45) is 8.08. The van der Waals surface area contributed by atoms with Crippen LogP contribution < -0.4 is 11.1 Å². The molecule has 0 bridgehead atoms. The van der Waals surface area contributed by atoms with Crippen LogP contribution in [0, 0.1) is 12.3 Å². The van der Waals surface area contributed by atoms with Crippen molar-refractivity contribution in [3.8, 4) is 12.3 Å². The maximum atomic E-state index is 15.6. The number of amides is 7. The Hall–Kier alpha value is -7.39. The normalized spacial score (nSPS) is 15.5. The first-order valence-corrected chi connectivity index (χ1v) is 27.4. The van der Waals surface area contributed by atoms with Gasteiger partial charge < -0.3 is 45.7 Å². The lowest BCUT2D eigenvalue weighted by Gasteiger charge is -2.53. The van der Waals surface area contributed by atoms with E-state index < -0.39 is 109 Å². The molecule has 1 aliphatic heterocycles. The molecule has 4 aromatic rings. The standard InChI is InChI=1S/C62H83N9O8/c1-11-13-34-64-38-55(73)67(46(4)50-28-20-15-21-29-50)42-58(76)69(48(6)52-32-24-17-25-33-52)43-60(78)70(53-36-61(7,8)71(79)62(9,10)37-53)44-59(77)68(47(5)51-30-22-16-23-31-51)41-56(74)65(35-12-2)40-57(75)66(39-54(63)72)45(3)49-26-18-14-19-27-49/h2,14-33,45-48,53,64,79H,11,13,34-44H2,1,3-10H3,(H2,63,72)/t45-,46-,47-,48-/m0/s1. The molecule has 79 heavy (non-hydrogen) atoms. The number of rotatable bonds is 27. The number of primary amides is 1.